The first-order valence-electron chi connectivity index (χ1n) is 14.5. The third-order valence-electron chi connectivity index (χ3n) is 7.72. The van der Waals surface area contributed by atoms with Crippen LogP contribution in [0.3, 0.4) is 0 Å². The van der Waals surface area contributed by atoms with E-state index in [2.05, 4.69) is 121 Å². The molecule has 6 rings (SSSR count). The summed E-state index contributed by atoms with van der Waals surface area (Å²) in [6, 6.07) is 19.3. The van der Waals surface area contributed by atoms with E-state index in [0.29, 0.717) is 5.92 Å². The van der Waals surface area contributed by atoms with Crippen molar-refractivity contribution in [3.05, 3.63) is 99.3 Å². The zero-order chi connectivity index (χ0) is 28.2. The van der Waals surface area contributed by atoms with Crippen molar-refractivity contribution in [1.82, 2.24) is 0 Å². The molecule has 3 aromatic rings. The van der Waals surface area contributed by atoms with E-state index in [1.165, 1.54) is 75.9 Å². The van der Waals surface area contributed by atoms with Crippen LogP contribution in [0.1, 0.15) is 108 Å². The van der Waals surface area contributed by atoms with Gasteiger partial charge in [0.15, 0.2) is 0 Å². The van der Waals surface area contributed by atoms with Crippen molar-refractivity contribution >= 4 is 20.1 Å². The molecule has 1 fully saturated rings. The van der Waals surface area contributed by atoms with Crippen molar-refractivity contribution in [2.75, 3.05) is 0 Å². The van der Waals surface area contributed by atoms with Crippen molar-refractivity contribution in [2.45, 2.75) is 97.8 Å². The van der Waals surface area contributed by atoms with Crippen molar-refractivity contribution in [1.29, 1.82) is 0 Å². The third-order valence-corrected chi connectivity index (χ3v) is 9.87. The SMILES string of the molecule is CC(C)(C)c1c[c-]c2c(c1)-c1cc(C(C)(C)C)ccc1C2.CC1[C-]=CC(c2cccs2)=C1.[Zr+2]=[C]1CCCCC1. The third kappa shape index (κ3) is 8.20. The van der Waals surface area contributed by atoms with E-state index in [9.17, 15) is 0 Å². The zero-order valence-electron chi connectivity index (χ0n) is 25.0. The average Bonchev–Trinajstić information content (AvgIpc) is 3.63. The summed E-state index contributed by atoms with van der Waals surface area (Å²) in [5, 5.41) is 2.10. The van der Waals surface area contributed by atoms with E-state index < -0.39 is 0 Å². The van der Waals surface area contributed by atoms with E-state index in [4.69, 9.17) is 0 Å². The van der Waals surface area contributed by atoms with Crippen molar-refractivity contribution in [3.63, 3.8) is 0 Å². The Hall–Kier alpha value is -1.63. The van der Waals surface area contributed by atoms with Crippen LogP contribution in [0.4, 0.5) is 0 Å². The van der Waals surface area contributed by atoms with Crippen LogP contribution in [0, 0.1) is 18.1 Å². The second-order valence-electron chi connectivity index (χ2n) is 13.2. The van der Waals surface area contributed by atoms with Crippen LogP contribution in [0.2, 0.25) is 0 Å². The molecular formula is C37H44SZr. The molecule has 0 saturated heterocycles. The molecule has 0 nitrogen and oxygen atoms in total. The molecule has 0 amide bonds. The van der Waals surface area contributed by atoms with Gasteiger partial charge < -0.3 is 0 Å². The number of hydrogen-bond acceptors (Lipinski definition) is 1. The molecule has 3 aliphatic carbocycles. The van der Waals surface area contributed by atoms with Gasteiger partial charge in [-0.15, -0.1) is 5.56 Å². The van der Waals surface area contributed by atoms with Crippen LogP contribution >= 0.6 is 11.3 Å². The molecular weight excluding hydrogens is 568 g/mol. The van der Waals surface area contributed by atoms with Gasteiger partial charge in [-0.3, -0.25) is 6.08 Å². The quantitative estimate of drug-likeness (QED) is 0.188. The van der Waals surface area contributed by atoms with E-state index in [0.717, 1.165) is 6.42 Å². The summed E-state index contributed by atoms with van der Waals surface area (Å²) >= 11 is 3.47. The molecule has 2 aromatic carbocycles. The molecule has 0 bridgehead atoms. The van der Waals surface area contributed by atoms with Gasteiger partial charge in [0.1, 0.15) is 0 Å². The molecule has 0 radical (unpaired) electrons. The number of hydrogen-bond donors (Lipinski definition) is 0. The maximum absolute atomic E-state index is 3.53. The Balaban J connectivity index is 0.000000162. The normalized spacial score (nSPS) is 17.9. The van der Waals surface area contributed by atoms with Gasteiger partial charge in [0, 0.05) is 0 Å². The Morgan fingerprint density at radius 3 is 2.10 bits per heavy atom. The second-order valence-corrected chi connectivity index (χ2v) is 15.9. The first kappa shape index (κ1) is 30.3. The topological polar surface area (TPSA) is 0 Å². The Morgan fingerprint density at radius 2 is 1.56 bits per heavy atom. The summed E-state index contributed by atoms with van der Waals surface area (Å²) in [6.07, 6.45) is 15.9. The molecule has 0 N–H and O–H groups in total. The van der Waals surface area contributed by atoms with Crippen molar-refractivity contribution < 1.29 is 24.2 Å². The molecule has 1 atom stereocenters. The fourth-order valence-corrected chi connectivity index (χ4v) is 6.74. The average molecular weight is 612 g/mol. The first-order chi connectivity index (χ1) is 18.4. The van der Waals surface area contributed by atoms with Crippen LogP contribution < -0.4 is 0 Å². The van der Waals surface area contributed by atoms with Crippen LogP contribution in [-0.4, -0.2) is 3.21 Å². The van der Waals surface area contributed by atoms with E-state index in [-0.39, 0.29) is 10.8 Å². The molecule has 2 heteroatoms. The molecule has 0 spiro atoms. The van der Waals surface area contributed by atoms with E-state index in [1.807, 2.05) is 0 Å². The fourth-order valence-electron chi connectivity index (χ4n) is 5.15. The first-order valence-corrected chi connectivity index (χ1v) is 16.6. The minimum absolute atomic E-state index is 0.177. The van der Waals surface area contributed by atoms with Gasteiger partial charge in [0.25, 0.3) is 0 Å². The molecule has 1 aromatic heterocycles. The Morgan fingerprint density at radius 1 is 0.872 bits per heavy atom. The Labute approximate surface area is 257 Å². The van der Waals surface area contributed by atoms with Gasteiger partial charge in [-0.2, -0.15) is 52.3 Å². The minimum atomic E-state index is 0.177. The van der Waals surface area contributed by atoms with Gasteiger partial charge in [-0.1, -0.05) is 101 Å². The summed E-state index contributed by atoms with van der Waals surface area (Å²) in [5.74, 6) is 0.493. The summed E-state index contributed by atoms with van der Waals surface area (Å²) in [7, 11) is 0. The van der Waals surface area contributed by atoms with Gasteiger partial charge in [-0.05, 0) is 27.7 Å². The van der Waals surface area contributed by atoms with Gasteiger partial charge in [0.05, 0.1) is 0 Å². The van der Waals surface area contributed by atoms with Crippen LogP contribution in [0.15, 0.2) is 60.0 Å². The van der Waals surface area contributed by atoms with E-state index >= 15 is 0 Å². The molecule has 3 aliphatic rings. The Kier molecular flexibility index (Phi) is 10.0. The summed E-state index contributed by atoms with van der Waals surface area (Å²) < 4.78 is 1.80. The van der Waals surface area contributed by atoms with Crippen LogP contribution in [-0.2, 0) is 41.5 Å². The van der Waals surface area contributed by atoms with Crippen molar-refractivity contribution in [2.24, 2.45) is 5.92 Å². The number of allylic oxidation sites excluding steroid dienone is 4. The summed E-state index contributed by atoms with van der Waals surface area (Å²) in [6.45, 7) is 15.8. The molecule has 1 heterocycles. The fraction of sp³-hybridized carbons (Fsp3) is 0.432. The van der Waals surface area contributed by atoms with Crippen LogP contribution in [0.25, 0.3) is 16.7 Å². The number of rotatable bonds is 1. The number of fused-ring (bicyclic) bond motifs is 3. The number of benzene rings is 2. The zero-order valence-corrected chi connectivity index (χ0v) is 28.3. The van der Waals surface area contributed by atoms with Crippen molar-refractivity contribution in [3.8, 4) is 11.1 Å². The van der Waals surface area contributed by atoms with Gasteiger partial charge in [0.2, 0.25) is 0 Å². The molecule has 1 unspecified atom stereocenters. The molecule has 0 aliphatic heterocycles. The van der Waals surface area contributed by atoms with E-state index in [1.54, 1.807) is 38.8 Å². The molecule has 202 valence electrons. The van der Waals surface area contributed by atoms with Gasteiger partial charge >= 0.3 is 59.5 Å². The van der Waals surface area contributed by atoms with Gasteiger partial charge in [-0.25, -0.2) is 6.08 Å². The Bertz CT molecular complexity index is 1270. The summed E-state index contributed by atoms with van der Waals surface area (Å²) in [4.78, 5) is 1.35. The predicted octanol–water partition coefficient (Wildman–Crippen LogP) is 10.5. The molecule has 39 heavy (non-hydrogen) atoms. The maximum atomic E-state index is 3.53. The molecule has 1 saturated carbocycles. The predicted molar refractivity (Wildman–Crippen MR) is 168 cm³/mol. The standard InChI is InChI=1S/C21H25.C10H9S.C6H10.Zr/c1-20(2,3)16-9-7-14-11-15-8-10-17(21(4,5)6)13-19(15)18(14)12-16;1-8-4-5-9(7-8)10-3-2-6-11-10;1-2-4-6-5-3-1;/h7,9-10,12-13H,11H2,1-6H3;2-3,5-8H,1H3;1-5H2;/q2*-1;;+2. The van der Waals surface area contributed by atoms with Crippen LogP contribution in [0.5, 0.6) is 0 Å². The number of thiophene rings is 1. The summed E-state index contributed by atoms with van der Waals surface area (Å²) in [5.41, 5.74) is 10.1. The second kappa shape index (κ2) is 12.9. The monoisotopic (exact) mass is 610 g/mol.